The molecule has 0 atom stereocenters. The lowest BCUT2D eigenvalue weighted by atomic mass is 9.77. The van der Waals surface area contributed by atoms with Gasteiger partial charge in [0.2, 0.25) is 5.92 Å². The maximum Gasteiger partial charge on any atom is 0.330 e. The van der Waals surface area contributed by atoms with E-state index >= 15 is 0 Å². The molecule has 1 N–H and O–H groups in total. The Morgan fingerprint density at radius 3 is 2.42 bits per heavy atom. The number of hydrogen-bond acceptors (Lipinski definition) is 1. The van der Waals surface area contributed by atoms with E-state index in [0.717, 1.165) is 0 Å². The Kier molecular flexibility index (Phi) is 2.17. The molecule has 2 nitrogen and oxygen atoms in total. The summed E-state index contributed by atoms with van der Waals surface area (Å²) in [6.45, 7) is 3.28. The van der Waals surface area contributed by atoms with Gasteiger partial charge in [-0.1, -0.05) is 6.58 Å². The van der Waals surface area contributed by atoms with E-state index in [0.29, 0.717) is 0 Å². The number of carboxylic acid groups (broad SMARTS) is 1. The topological polar surface area (TPSA) is 37.3 Å². The predicted octanol–water partition coefficient (Wildman–Crippen LogP) is 2.06. The van der Waals surface area contributed by atoms with Gasteiger partial charge in [0.05, 0.1) is 0 Å². The van der Waals surface area contributed by atoms with Crippen LogP contribution in [0.1, 0.15) is 19.3 Å². The molecule has 0 unspecified atom stereocenters. The standard InChI is InChI=1S/C8H10F2O2/c1-5(7(11)12)2-6-3-8(9,10)4-6/h6H,1-4H2,(H,11,12). The van der Waals surface area contributed by atoms with Crippen LogP contribution in [0.5, 0.6) is 0 Å². The van der Waals surface area contributed by atoms with Gasteiger partial charge in [-0.15, -0.1) is 0 Å². The molecule has 1 rings (SSSR count). The summed E-state index contributed by atoms with van der Waals surface area (Å²) < 4.78 is 24.5. The summed E-state index contributed by atoms with van der Waals surface area (Å²) in [5.41, 5.74) is 0.0236. The smallest absolute Gasteiger partial charge is 0.330 e. The van der Waals surface area contributed by atoms with Crippen LogP contribution in [0, 0.1) is 5.92 Å². The summed E-state index contributed by atoms with van der Waals surface area (Å²) in [7, 11) is 0. The first kappa shape index (κ1) is 9.16. The number of hydrogen-bond donors (Lipinski definition) is 1. The van der Waals surface area contributed by atoms with Crippen molar-refractivity contribution in [3.8, 4) is 0 Å². The van der Waals surface area contributed by atoms with Gasteiger partial charge in [-0.25, -0.2) is 13.6 Å². The van der Waals surface area contributed by atoms with E-state index in [1.165, 1.54) is 0 Å². The van der Waals surface area contributed by atoms with Crippen LogP contribution in [-0.2, 0) is 4.79 Å². The molecule has 0 aromatic carbocycles. The maximum absolute atomic E-state index is 12.3. The van der Waals surface area contributed by atoms with E-state index in [9.17, 15) is 13.6 Å². The minimum Gasteiger partial charge on any atom is -0.478 e. The summed E-state index contributed by atoms with van der Waals surface area (Å²) in [4.78, 5) is 10.2. The van der Waals surface area contributed by atoms with Gasteiger partial charge in [-0.05, 0) is 12.3 Å². The van der Waals surface area contributed by atoms with Gasteiger partial charge in [0.25, 0.3) is 0 Å². The Balaban J connectivity index is 2.28. The Bertz CT molecular complexity index is 215. The molecule has 1 aliphatic rings. The van der Waals surface area contributed by atoms with Crippen molar-refractivity contribution in [1.82, 2.24) is 0 Å². The molecule has 0 amide bonds. The second-order valence-corrected chi connectivity index (χ2v) is 3.24. The Morgan fingerprint density at radius 2 is 2.08 bits per heavy atom. The Morgan fingerprint density at radius 1 is 1.58 bits per heavy atom. The Hall–Kier alpha value is -0.930. The van der Waals surface area contributed by atoms with Crippen molar-refractivity contribution in [3.63, 3.8) is 0 Å². The number of rotatable bonds is 3. The van der Waals surface area contributed by atoms with Gasteiger partial charge in [-0.2, -0.15) is 0 Å². The molecule has 1 aliphatic carbocycles. The van der Waals surface area contributed by atoms with Crippen molar-refractivity contribution < 1.29 is 18.7 Å². The third-order valence-corrected chi connectivity index (χ3v) is 2.01. The van der Waals surface area contributed by atoms with Crippen molar-refractivity contribution in [2.75, 3.05) is 0 Å². The molecule has 68 valence electrons. The fourth-order valence-corrected chi connectivity index (χ4v) is 1.37. The molecule has 0 saturated heterocycles. The molecular formula is C8H10F2O2. The van der Waals surface area contributed by atoms with E-state index in [1.807, 2.05) is 0 Å². The molecule has 12 heavy (non-hydrogen) atoms. The highest BCUT2D eigenvalue weighted by Crippen LogP contribution is 2.44. The van der Waals surface area contributed by atoms with Crippen LogP contribution in [-0.4, -0.2) is 17.0 Å². The summed E-state index contributed by atoms with van der Waals surface area (Å²) in [6.07, 6.45) is -0.205. The molecule has 0 heterocycles. The summed E-state index contributed by atoms with van der Waals surface area (Å²) in [5.74, 6) is -3.85. The van der Waals surface area contributed by atoms with E-state index in [2.05, 4.69) is 6.58 Å². The van der Waals surface area contributed by atoms with Gasteiger partial charge in [0, 0.05) is 18.4 Å². The van der Waals surface area contributed by atoms with Crippen LogP contribution >= 0.6 is 0 Å². The summed E-state index contributed by atoms with van der Waals surface area (Å²) in [6, 6.07) is 0. The molecule has 0 radical (unpaired) electrons. The second-order valence-electron chi connectivity index (χ2n) is 3.24. The molecule has 0 bridgehead atoms. The van der Waals surface area contributed by atoms with Crippen molar-refractivity contribution in [3.05, 3.63) is 12.2 Å². The van der Waals surface area contributed by atoms with Gasteiger partial charge < -0.3 is 5.11 Å². The van der Waals surface area contributed by atoms with Gasteiger partial charge in [0.15, 0.2) is 0 Å². The fraction of sp³-hybridized carbons (Fsp3) is 0.625. The van der Waals surface area contributed by atoms with Crippen LogP contribution < -0.4 is 0 Å². The largest absolute Gasteiger partial charge is 0.478 e. The zero-order chi connectivity index (χ0) is 9.35. The minimum absolute atomic E-state index is 0.0236. The van der Waals surface area contributed by atoms with Crippen LogP contribution in [0.4, 0.5) is 8.78 Å². The number of halogens is 2. The van der Waals surface area contributed by atoms with E-state index < -0.39 is 11.9 Å². The summed E-state index contributed by atoms with van der Waals surface area (Å²) in [5, 5.41) is 8.39. The average Bonchev–Trinajstić information content (AvgIpc) is 1.83. The predicted molar refractivity (Wildman–Crippen MR) is 39.1 cm³/mol. The van der Waals surface area contributed by atoms with Crippen LogP contribution in [0.3, 0.4) is 0 Å². The Labute approximate surface area is 68.9 Å². The lowest BCUT2D eigenvalue weighted by molar-refractivity contribution is -0.134. The average molecular weight is 176 g/mol. The summed E-state index contributed by atoms with van der Waals surface area (Å²) >= 11 is 0. The fourth-order valence-electron chi connectivity index (χ4n) is 1.37. The monoisotopic (exact) mass is 176 g/mol. The molecule has 0 spiro atoms. The molecule has 0 aliphatic heterocycles. The van der Waals surface area contributed by atoms with Crippen LogP contribution in [0.15, 0.2) is 12.2 Å². The SMILES string of the molecule is C=C(CC1CC(F)(F)C1)C(=O)O. The number of carboxylic acids is 1. The molecule has 4 heteroatoms. The minimum atomic E-state index is -2.57. The van der Waals surface area contributed by atoms with Gasteiger partial charge >= 0.3 is 5.97 Å². The first-order valence-electron chi connectivity index (χ1n) is 3.69. The first-order chi connectivity index (χ1) is 5.41. The number of carbonyl (C=O) groups is 1. The van der Waals surface area contributed by atoms with Crippen molar-refractivity contribution in [2.24, 2.45) is 5.92 Å². The van der Waals surface area contributed by atoms with E-state index in [1.54, 1.807) is 0 Å². The van der Waals surface area contributed by atoms with Crippen molar-refractivity contribution in [2.45, 2.75) is 25.2 Å². The molecule has 1 fully saturated rings. The maximum atomic E-state index is 12.3. The van der Waals surface area contributed by atoms with Gasteiger partial charge in [-0.3, -0.25) is 0 Å². The highest BCUT2D eigenvalue weighted by molar-refractivity contribution is 5.85. The number of alkyl halides is 2. The lowest BCUT2D eigenvalue weighted by Gasteiger charge is -2.34. The quantitative estimate of drug-likeness (QED) is 0.668. The van der Waals surface area contributed by atoms with Crippen molar-refractivity contribution >= 4 is 5.97 Å². The van der Waals surface area contributed by atoms with Crippen molar-refractivity contribution in [1.29, 1.82) is 0 Å². The van der Waals surface area contributed by atoms with E-state index in [4.69, 9.17) is 5.11 Å². The first-order valence-corrected chi connectivity index (χ1v) is 3.69. The highest BCUT2D eigenvalue weighted by Gasteiger charge is 2.45. The zero-order valence-corrected chi connectivity index (χ0v) is 6.52. The molecule has 1 saturated carbocycles. The number of aliphatic carboxylic acids is 1. The lowest BCUT2D eigenvalue weighted by Crippen LogP contribution is -2.35. The van der Waals surface area contributed by atoms with E-state index in [-0.39, 0.29) is 30.8 Å². The van der Waals surface area contributed by atoms with Crippen LogP contribution in [0.25, 0.3) is 0 Å². The molecular weight excluding hydrogens is 166 g/mol. The highest BCUT2D eigenvalue weighted by atomic mass is 19.3. The molecule has 0 aromatic heterocycles. The third kappa shape index (κ3) is 2.03. The normalized spacial score (nSPS) is 21.5. The third-order valence-electron chi connectivity index (χ3n) is 2.01. The van der Waals surface area contributed by atoms with Crippen LogP contribution in [0.2, 0.25) is 0 Å². The zero-order valence-electron chi connectivity index (χ0n) is 6.52. The molecule has 0 aromatic rings. The second kappa shape index (κ2) is 2.84. The van der Waals surface area contributed by atoms with Gasteiger partial charge in [0.1, 0.15) is 0 Å².